The van der Waals surface area contributed by atoms with Gasteiger partial charge in [0.1, 0.15) is 0 Å². The third-order valence-electron chi connectivity index (χ3n) is 5.65. The fourth-order valence-corrected chi connectivity index (χ4v) is 4.13. The summed E-state index contributed by atoms with van der Waals surface area (Å²) in [5.41, 5.74) is 5.39. The molecule has 0 unspecified atom stereocenters. The highest BCUT2D eigenvalue weighted by Crippen LogP contribution is 2.31. The summed E-state index contributed by atoms with van der Waals surface area (Å²) < 4.78 is 0. The standard InChI is InChI=1S/C24H27N3O2/c1-15-11-16(2)22(17(3)12-15)27-24(29)20-9-7-19(8-10-20)23(28)26-21-6-4-5-18(13-21)14-25/h4-6,11-13,19-20H,7-10H2,1-3H3,(H,26,28)(H,27,29). The Kier molecular flexibility index (Phi) is 6.33. The van der Waals surface area contributed by atoms with Crippen molar-refractivity contribution >= 4 is 23.2 Å². The van der Waals surface area contributed by atoms with Gasteiger partial charge >= 0.3 is 0 Å². The highest BCUT2D eigenvalue weighted by molar-refractivity contribution is 5.95. The van der Waals surface area contributed by atoms with E-state index < -0.39 is 0 Å². The SMILES string of the molecule is Cc1cc(C)c(NC(=O)C2CCC(C(=O)Nc3cccc(C#N)c3)CC2)c(C)c1. The van der Waals surface area contributed by atoms with Gasteiger partial charge in [0.2, 0.25) is 11.8 Å². The van der Waals surface area contributed by atoms with Crippen molar-refractivity contribution in [1.82, 2.24) is 0 Å². The summed E-state index contributed by atoms with van der Waals surface area (Å²) >= 11 is 0. The predicted octanol–water partition coefficient (Wildman–Crippen LogP) is 4.87. The smallest absolute Gasteiger partial charge is 0.227 e. The van der Waals surface area contributed by atoms with Gasteiger partial charge in [-0.3, -0.25) is 9.59 Å². The van der Waals surface area contributed by atoms with Crippen molar-refractivity contribution < 1.29 is 9.59 Å². The molecule has 0 radical (unpaired) electrons. The van der Waals surface area contributed by atoms with Crippen LogP contribution in [0.25, 0.3) is 0 Å². The molecule has 2 aromatic rings. The zero-order valence-corrected chi connectivity index (χ0v) is 17.2. The van der Waals surface area contributed by atoms with Crippen LogP contribution in [-0.4, -0.2) is 11.8 Å². The number of aryl methyl sites for hydroxylation is 3. The number of anilines is 2. The second-order valence-corrected chi connectivity index (χ2v) is 7.99. The molecule has 0 heterocycles. The van der Waals surface area contributed by atoms with Crippen LogP contribution in [0.4, 0.5) is 11.4 Å². The van der Waals surface area contributed by atoms with Crippen LogP contribution in [0.2, 0.25) is 0 Å². The van der Waals surface area contributed by atoms with E-state index in [1.165, 1.54) is 5.56 Å². The van der Waals surface area contributed by atoms with Crippen LogP contribution in [0.3, 0.4) is 0 Å². The summed E-state index contributed by atoms with van der Waals surface area (Å²) in [6.45, 7) is 6.07. The first-order valence-corrected chi connectivity index (χ1v) is 10.1. The number of nitrogens with one attached hydrogen (secondary N) is 2. The molecule has 2 amide bonds. The van der Waals surface area contributed by atoms with Crippen molar-refractivity contribution in [1.29, 1.82) is 5.26 Å². The summed E-state index contributed by atoms with van der Waals surface area (Å²) in [5.74, 6) is -0.168. The van der Waals surface area contributed by atoms with E-state index in [1.54, 1.807) is 24.3 Å². The lowest BCUT2D eigenvalue weighted by molar-refractivity contribution is -0.125. The molecular formula is C24H27N3O2. The van der Waals surface area contributed by atoms with Crippen LogP contribution in [0.5, 0.6) is 0 Å². The summed E-state index contributed by atoms with van der Waals surface area (Å²) in [6.07, 6.45) is 2.78. The summed E-state index contributed by atoms with van der Waals surface area (Å²) in [4.78, 5) is 25.3. The van der Waals surface area contributed by atoms with Gasteiger partial charge in [0.25, 0.3) is 0 Å². The largest absolute Gasteiger partial charge is 0.326 e. The van der Waals surface area contributed by atoms with Gasteiger partial charge in [0.15, 0.2) is 0 Å². The zero-order valence-electron chi connectivity index (χ0n) is 17.2. The Labute approximate surface area is 172 Å². The Hall–Kier alpha value is -3.13. The van der Waals surface area contributed by atoms with Crippen LogP contribution in [0.15, 0.2) is 36.4 Å². The van der Waals surface area contributed by atoms with Gasteiger partial charge in [-0.15, -0.1) is 0 Å². The molecule has 150 valence electrons. The molecule has 3 rings (SSSR count). The molecule has 0 spiro atoms. The number of carbonyl (C=O) groups is 2. The van der Waals surface area contributed by atoms with Crippen LogP contribution in [0.1, 0.15) is 47.9 Å². The summed E-state index contributed by atoms with van der Waals surface area (Å²) in [6, 6.07) is 13.1. The maximum Gasteiger partial charge on any atom is 0.227 e. The minimum absolute atomic E-state index is 0.0378. The lowest BCUT2D eigenvalue weighted by Crippen LogP contribution is -2.32. The molecule has 29 heavy (non-hydrogen) atoms. The van der Waals surface area contributed by atoms with Gasteiger partial charge < -0.3 is 10.6 Å². The normalized spacial score (nSPS) is 18.6. The maximum atomic E-state index is 12.8. The van der Waals surface area contributed by atoms with Crippen molar-refractivity contribution in [2.45, 2.75) is 46.5 Å². The average molecular weight is 389 g/mol. The minimum atomic E-state index is -0.104. The number of benzene rings is 2. The van der Waals surface area contributed by atoms with E-state index in [9.17, 15) is 9.59 Å². The van der Waals surface area contributed by atoms with Crippen molar-refractivity contribution in [2.75, 3.05) is 10.6 Å². The van der Waals surface area contributed by atoms with E-state index in [0.29, 0.717) is 36.9 Å². The van der Waals surface area contributed by atoms with Gasteiger partial charge in [-0.25, -0.2) is 0 Å². The van der Waals surface area contributed by atoms with Crippen LogP contribution in [0, 0.1) is 43.9 Å². The number of hydrogen-bond donors (Lipinski definition) is 2. The van der Waals surface area contributed by atoms with Crippen molar-refractivity contribution in [3.05, 3.63) is 58.7 Å². The van der Waals surface area contributed by atoms with E-state index in [-0.39, 0.29) is 23.7 Å². The maximum absolute atomic E-state index is 12.8. The molecule has 2 N–H and O–H groups in total. The molecule has 1 fully saturated rings. The molecule has 0 atom stereocenters. The van der Waals surface area contributed by atoms with Crippen LogP contribution >= 0.6 is 0 Å². The zero-order chi connectivity index (χ0) is 21.0. The van der Waals surface area contributed by atoms with E-state index in [0.717, 1.165) is 16.8 Å². The fourth-order valence-electron chi connectivity index (χ4n) is 4.13. The number of carbonyl (C=O) groups excluding carboxylic acids is 2. The molecule has 5 heteroatoms. The molecule has 0 aliphatic heterocycles. The Morgan fingerprint density at radius 2 is 1.45 bits per heavy atom. The highest BCUT2D eigenvalue weighted by Gasteiger charge is 2.30. The van der Waals surface area contributed by atoms with E-state index in [1.807, 2.05) is 13.8 Å². The first kappa shape index (κ1) is 20.6. The lowest BCUT2D eigenvalue weighted by Gasteiger charge is -2.27. The van der Waals surface area contributed by atoms with Gasteiger partial charge in [0.05, 0.1) is 11.6 Å². The Morgan fingerprint density at radius 1 is 0.897 bits per heavy atom. The molecule has 0 saturated heterocycles. The summed E-state index contributed by atoms with van der Waals surface area (Å²) in [7, 11) is 0. The molecule has 0 aromatic heterocycles. The second kappa shape index (κ2) is 8.91. The van der Waals surface area contributed by atoms with E-state index >= 15 is 0 Å². The second-order valence-electron chi connectivity index (χ2n) is 7.99. The molecular weight excluding hydrogens is 362 g/mol. The number of nitrogens with zero attached hydrogens (tertiary/aromatic N) is 1. The molecule has 5 nitrogen and oxygen atoms in total. The van der Waals surface area contributed by atoms with E-state index in [4.69, 9.17) is 5.26 Å². The molecule has 1 aliphatic rings. The van der Waals surface area contributed by atoms with Crippen molar-refractivity contribution in [2.24, 2.45) is 11.8 Å². The van der Waals surface area contributed by atoms with Gasteiger partial charge in [-0.2, -0.15) is 5.26 Å². The Morgan fingerprint density at radius 3 is 2.00 bits per heavy atom. The Balaban J connectivity index is 1.55. The Bertz CT molecular complexity index is 943. The highest BCUT2D eigenvalue weighted by atomic mass is 16.2. The topological polar surface area (TPSA) is 82.0 Å². The number of hydrogen-bond acceptors (Lipinski definition) is 3. The fraction of sp³-hybridized carbons (Fsp3) is 0.375. The van der Waals surface area contributed by atoms with Crippen LogP contribution in [-0.2, 0) is 9.59 Å². The monoisotopic (exact) mass is 389 g/mol. The number of amides is 2. The quantitative estimate of drug-likeness (QED) is 0.783. The predicted molar refractivity (Wildman–Crippen MR) is 115 cm³/mol. The average Bonchev–Trinajstić information content (AvgIpc) is 2.70. The molecule has 1 aliphatic carbocycles. The number of nitriles is 1. The van der Waals surface area contributed by atoms with Crippen molar-refractivity contribution in [3.8, 4) is 6.07 Å². The third-order valence-corrected chi connectivity index (χ3v) is 5.65. The van der Waals surface area contributed by atoms with Gasteiger partial charge in [-0.1, -0.05) is 23.8 Å². The first-order valence-electron chi connectivity index (χ1n) is 10.1. The number of rotatable bonds is 4. The summed E-state index contributed by atoms with van der Waals surface area (Å²) in [5, 5.41) is 15.0. The van der Waals surface area contributed by atoms with Gasteiger partial charge in [-0.05, 0) is 75.8 Å². The molecule has 1 saturated carbocycles. The third kappa shape index (κ3) is 5.03. The lowest BCUT2D eigenvalue weighted by atomic mass is 9.81. The van der Waals surface area contributed by atoms with Crippen LogP contribution < -0.4 is 10.6 Å². The molecule has 2 aromatic carbocycles. The van der Waals surface area contributed by atoms with E-state index in [2.05, 4.69) is 35.8 Å². The minimum Gasteiger partial charge on any atom is -0.326 e. The van der Waals surface area contributed by atoms with Gasteiger partial charge in [0, 0.05) is 23.2 Å². The first-order chi connectivity index (χ1) is 13.9. The van der Waals surface area contributed by atoms with Crippen molar-refractivity contribution in [3.63, 3.8) is 0 Å². The molecule has 0 bridgehead atoms.